The smallest absolute Gasteiger partial charge is 0.321 e. The molecule has 0 unspecified atom stereocenters. The van der Waals surface area contributed by atoms with Crippen LogP contribution in [0, 0.1) is 0 Å². The van der Waals surface area contributed by atoms with Gasteiger partial charge in [0.2, 0.25) is 0 Å². The molecule has 0 radical (unpaired) electrons. The second-order valence-electron chi connectivity index (χ2n) is 5.80. The Balaban J connectivity index is 1.43. The molecule has 7 heteroatoms. The summed E-state index contributed by atoms with van der Waals surface area (Å²) in [5.74, 6) is -0.190. The van der Waals surface area contributed by atoms with Gasteiger partial charge in [-0.05, 0) is 48.5 Å². The van der Waals surface area contributed by atoms with Crippen LogP contribution in [-0.4, -0.2) is 30.0 Å². The van der Waals surface area contributed by atoms with Gasteiger partial charge in [-0.15, -0.1) is 11.3 Å². The molecule has 1 aliphatic rings. The monoisotopic (exact) mass is 364 g/mol. The molecule has 2 aromatic carbocycles. The van der Waals surface area contributed by atoms with Gasteiger partial charge in [0.15, 0.2) is 0 Å². The lowest BCUT2D eigenvalue weighted by Crippen LogP contribution is -2.27. The van der Waals surface area contributed by atoms with Crippen LogP contribution >= 0.6 is 11.3 Å². The number of nitrogens with zero attached hydrogens (tertiary/aromatic N) is 2. The largest absolute Gasteiger partial charge is 0.336 e. The number of thiazole rings is 1. The number of aromatic nitrogens is 1. The summed E-state index contributed by atoms with van der Waals surface area (Å²) in [4.78, 5) is 30.0. The topological polar surface area (TPSA) is 74.3 Å². The normalized spacial score (nSPS) is 13.5. The summed E-state index contributed by atoms with van der Waals surface area (Å²) in [6.45, 7) is 1.27. The summed E-state index contributed by atoms with van der Waals surface area (Å²) < 4.78 is 0. The van der Waals surface area contributed by atoms with E-state index in [4.69, 9.17) is 0 Å². The molecule has 4 rings (SSSR count). The van der Waals surface area contributed by atoms with Gasteiger partial charge >= 0.3 is 6.03 Å². The maximum Gasteiger partial charge on any atom is 0.321 e. The van der Waals surface area contributed by atoms with E-state index in [9.17, 15) is 9.59 Å². The van der Waals surface area contributed by atoms with Gasteiger partial charge in [-0.2, -0.15) is 0 Å². The highest BCUT2D eigenvalue weighted by molar-refractivity contribution is 7.13. The Morgan fingerprint density at radius 2 is 1.88 bits per heavy atom. The average Bonchev–Trinajstić information content (AvgIpc) is 3.34. The van der Waals surface area contributed by atoms with E-state index in [1.54, 1.807) is 46.7 Å². The fraction of sp³-hybridized carbons (Fsp3) is 0.105. The molecule has 0 spiro atoms. The fourth-order valence-electron chi connectivity index (χ4n) is 2.78. The first-order valence-corrected chi connectivity index (χ1v) is 9.05. The molecule has 1 fully saturated rings. The second-order valence-corrected chi connectivity index (χ2v) is 6.69. The van der Waals surface area contributed by atoms with Crippen molar-refractivity contribution >= 4 is 34.6 Å². The predicted octanol–water partition coefficient (Wildman–Crippen LogP) is 3.59. The van der Waals surface area contributed by atoms with Crippen LogP contribution in [0.2, 0.25) is 0 Å². The molecule has 130 valence electrons. The van der Waals surface area contributed by atoms with Crippen LogP contribution < -0.4 is 15.5 Å². The number of rotatable bonds is 4. The van der Waals surface area contributed by atoms with Crippen molar-refractivity contribution < 1.29 is 9.59 Å². The molecule has 1 aromatic heterocycles. The van der Waals surface area contributed by atoms with E-state index in [0.29, 0.717) is 18.7 Å². The van der Waals surface area contributed by atoms with Gasteiger partial charge in [-0.1, -0.05) is 0 Å². The van der Waals surface area contributed by atoms with E-state index >= 15 is 0 Å². The average molecular weight is 364 g/mol. The molecule has 2 heterocycles. The first-order valence-electron chi connectivity index (χ1n) is 8.17. The molecule has 3 amide bonds. The lowest BCUT2D eigenvalue weighted by atomic mass is 10.1. The summed E-state index contributed by atoms with van der Waals surface area (Å²) in [7, 11) is 0. The number of anilines is 2. The van der Waals surface area contributed by atoms with Crippen molar-refractivity contribution in [2.24, 2.45) is 0 Å². The summed E-state index contributed by atoms with van der Waals surface area (Å²) in [6, 6.07) is 14.5. The molecule has 6 nitrogen and oxygen atoms in total. The van der Waals surface area contributed by atoms with E-state index in [-0.39, 0.29) is 11.9 Å². The maximum absolute atomic E-state index is 12.4. The Hall–Kier alpha value is -3.19. The number of hydrogen-bond donors (Lipinski definition) is 2. The van der Waals surface area contributed by atoms with E-state index in [2.05, 4.69) is 15.6 Å². The highest BCUT2D eigenvalue weighted by Crippen LogP contribution is 2.23. The summed E-state index contributed by atoms with van der Waals surface area (Å²) in [6.07, 6.45) is 1.77. The van der Waals surface area contributed by atoms with E-state index in [1.807, 2.05) is 29.6 Å². The number of hydrogen-bond acceptors (Lipinski definition) is 4. The molecule has 0 bridgehead atoms. The fourth-order valence-corrected chi connectivity index (χ4v) is 3.42. The molecular formula is C19H16N4O2S. The van der Waals surface area contributed by atoms with Gasteiger partial charge < -0.3 is 10.6 Å². The van der Waals surface area contributed by atoms with E-state index < -0.39 is 0 Å². The molecular weight excluding hydrogens is 348 g/mol. The third-order valence-electron chi connectivity index (χ3n) is 4.12. The Labute approximate surface area is 154 Å². The molecule has 3 aromatic rings. The zero-order valence-electron chi connectivity index (χ0n) is 13.8. The molecule has 2 N–H and O–H groups in total. The number of urea groups is 1. The summed E-state index contributed by atoms with van der Waals surface area (Å²) >= 11 is 1.57. The molecule has 1 saturated heterocycles. The number of carbonyl (C=O) groups is 2. The van der Waals surface area contributed by atoms with Crippen LogP contribution in [0.25, 0.3) is 10.6 Å². The van der Waals surface area contributed by atoms with Gasteiger partial charge in [0, 0.05) is 47.2 Å². The number of carbonyl (C=O) groups excluding carboxylic acids is 2. The standard InChI is InChI=1S/C19H16N4O2S/c24-17(13-3-7-16(8-4-13)23-11-9-21-19(23)25)22-15-5-1-14(2-6-15)18-20-10-12-26-18/h1-8,10,12H,9,11H2,(H,21,25)(H,22,24). The second kappa shape index (κ2) is 6.97. The molecule has 0 saturated carbocycles. The van der Waals surface area contributed by atoms with Gasteiger partial charge in [0.1, 0.15) is 5.01 Å². The predicted molar refractivity (Wildman–Crippen MR) is 103 cm³/mol. The highest BCUT2D eigenvalue weighted by atomic mass is 32.1. The zero-order chi connectivity index (χ0) is 17.9. The van der Waals surface area contributed by atoms with Crippen LogP contribution in [0.15, 0.2) is 60.1 Å². The SMILES string of the molecule is O=C(Nc1ccc(-c2nccs2)cc1)c1ccc(N2CCNC2=O)cc1. The van der Waals surface area contributed by atoms with Crippen molar-refractivity contribution in [1.29, 1.82) is 0 Å². The molecule has 0 atom stereocenters. The zero-order valence-corrected chi connectivity index (χ0v) is 14.6. The molecule has 26 heavy (non-hydrogen) atoms. The lowest BCUT2D eigenvalue weighted by molar-refractivity contribution is 0.102. The minimum Gasteiger partial charge on any atom is -0.336 e. The van der Waals surface area contributed by atoms with Gasteiger partial charge in [-0.25, -0.2) is 9.78 Å². The maximum atomic E-state index is 12.4. The van der Waals surface area contributed by atoms with Crippen LogP contribution in [0.1, 0.15) is 10.4 Å². The quantitative estimate of drug-likeness (QED) is 0.743. The molecule has 1 aliphatic heterocycles. The minimum absolute atomic E-state index is 0.109. The highest BCUT2D eigenvalue weighted by Gasteiger charge is 2.21. The number of amides is 3. The number of nitrogens with one attached hydrogen (secondary N) is 2. The van der Waals surface area contributed by atoms with Crippen molar-refractivity contribution in [3.63, 3.8) is 0 Å². The van der Waals surface area contributed by atoms with Crippen molar-refractivity contribution in [1.82, 2.24) is 10.3 Å². The summed E-state index contributed by atoms with van der Waals surface area (Å²) in [5, 5.41) is 8.52. The van der Waals surface area contributed by atoms with Crippen molar-refractivity contribution in [2.45, 2.75) is 0 Å². The van der Waals surface area contributed by atoms with Crippen LogP contribution in [0.4, 0.5) is 16.2 Å². The van der Waals surface area contributed by atoms with Gasteiger partial charge in [-0.3, -0.25) is 9.69 Å². The Morgan fingerprint density at radius 3 is 2.50 bits per heavy atom. The van der Waals surface area contributed by atoms with E-state index in [1.165, 1.54) is 0 Å². The van der Waals surface area contributed by atoms with Crippen LogP contribution in [0.3, 0.4) is 0 Å². The van der Waals surface area contributed by atoms with E-state index in [0.717, 1.165) is 21.9 Å². The van der Waals surface area contributed by atoms with Crippen molar-refractivity contribution in [3.05, 3.63) is 65.7 Å². The third kappa shape index (κ3) is 3.29. The third-order valence-corrected chi connectivity index (χ3v) is 4.94. The van der Waals surface area contributed by atoms with Gasteiger partial charge in [0.05, 0.1) is 0 Å². The minimum atomic E-state index is -0.190. The van der Waals surface area contributed by atoms with Crippen molar-refractivity contribution in [2.75, 3.05) is 23.3 Å². The summed E-state index contributed by atoms with van der Waals surface area (Å²) in [5.41, 5.74) is 3.06. The van der Waals surface area contributed by atoms with Crippen molar-refractivity contribution in [3.8, 4) is 10.6 Å². The van der Waals surface area contributed by atoms with Gasteiger partial charge in [0.25, 0.3) is 5.91 Å². The van der Waals surface area contributed by atoms with Crippen LogP contribution in [-0.2, 0) is 0 Å². The first kappa shape index (κ1) is 16.3. The Bertz CT molecular complexity index is 921. The Kier molecular flexibility index (Phi) is 4.37. The first-order chi connectivity index (χ1) is 12.7. The number of benzene rings is 2. The van der Waals surface area contributed by atoms with Crippen LogP contribution in [0.5, 0.6) is 0 Å². The lowest BCUT2D eigenvalue weighted by Gasteiger charge is -2.14. The Morgan fingerprint density at radius 1 is 1.12 bits per heavy atom. The molecule has 0 aliphatic carbocycles.